The van der Waals surface area contributed by atoms with Crippen LogP contribution in [0.3, 0.4) is 0 Å². The largest absolute Gasteiger partial charge is 0.491 e. The van der Waals surface area contributed by atoms with Gasteiger partial charge in [-0.05, 0) is 24.3 Å². The number of hydrogen-bond acceptors (Lipinski definition) is 2. The van der Waals surface area contributed by atoms with Gasteiger partial charge in [0.25, 0.3) is 0 Å². The number of rotatable bonds is 4. The van der Waals surface area contributed by atoms with Gasteiger partial charge in [0.1, 0.15) is 22.8 Å². The van der Waals surface area contributed by atoms with Gasteiger partial charge in [-0.1, -0.05) is 0 Å². The minimum atomic E-state index is -4.29. The first kappa shape index (κ1) is 12.1. The Morgan fingerprint density at radius 2 is 1.67 bits per heavy atom. The van der Waals surface area contributed by atoms with Crippen molar-refractivity contribution in [1.29, 1.82) is 0 Å². The lowest BCUT2D eigenvalue weighted by Crippen LogP contribution is -2.06. The van der Waals surface area contributed by atoms with Crippen LogP contribution in [0.5, 0.6) is 5.75 Å². The molecule has 6 heteroatoms. The second-order valence-corrected chi connectivity index (χ2v) is 3.44. The molecule has 1 rings (SSSR count). The van der Waals surface area contributed by atoms with Crippen LogP contribution in [-0.2, 0) is 10.6 Å². The van der Waals surface area contributed by atoms with Gasteiger partial charge >= 0.3 is 6.18 Å². The van der Waals surface area contributed by atoms with Gasteiger partial charge in [-0.25, -0.2) is 0 Å². The second kappa shape index (κ2) is 5.18. The molecule has 0 aliphatic heterocycles. The minimum Gasteiger partial charge on any atom is -0.491 e. The predicted molar refractivity (Wildman–Crippen MR) is 52.8 cm³/mol. The number of benzene rings is 1. The number of alkyl halides is 3. The third-order valence-corrected chi connectivity index (χ3v) is 2.15. The molecule has 2 nitrogen and oxygen atoms in total. The van der Waals surface area contributed by atoms with Crippen molar-refractivity contribution >= 4 is 10.5 Å². The van der Waals surface area contributed by atoms with E-state index in [0.29, 0.717) is 29.4 Å². The lowest BCUT2D eigenvalue weighted by molar-refractivity contribution is -0.137. The Labute approximate surface area is 88.5 Å². The van der Waals surface area contributed by atoms with Crippen molar-refractivity contribution in [3.63, 3.8) is 0 Å². The van der Waals surface area contributed by atoms with Gasteiger partial charge in [0.15, 0.2) is 0 Å². The van der Waals surface area contributed by atoms with Crippen molar-refractivity contribution in [2.24, 2.45) is 0 Å². The maximum Gasteiger partial charge on any atom is 0.416 e. The van der Waals surface area contributed by atoms with Crippen molar-refractivity contribution in [3.05, 3.63) is 29.8 Å². The molecular weight excluding hydrogens is 225 g/mol. The Morgan fingerprint density at radius 3 is 2.13 bits per heavy atom. The highest BCUT2D eigenvalue weighted by Gasteiger charge is 2.29. The maximum absolute atomic E-state index is 12.2. The van der Waals surface area contributed by atoms with Crippen LogP contribution < -0.4 is 4.74 Å². The smallest absolute Gasteiger partial charge is 0.416 e. The van der Waals surface area contributed by atoms with Gasteiger partial charge in [-0.3, -0.25) is 0 Å². The number of hydrogen-bond donors (Lipinski definition) is 0. The van der Waals surface area contributed by atoms with E-state index in [1.54, 1.807) is 0 Å². The molecule has 0 radical (unpaired) electrons. The molecule has 0 bridgehead atoms. The summed E-state index contributed by atoms with van der Waals surface area (Å²) in [6, 6.07) is 4.60. The topological polar surface area (TPSA) is 18.5 Å². The Bertz CT molecular complexity index is 297. The number of halogens is 3. The quantitative estimate of drug-likeness (QED) is 0.581. The highest BCUT2D eigenvalue weighted by molar-refractivity contribution is 5.97. The van der Waals surface area contributed by atoms with Crippen molar-refractivity contribution in [1.82, 2.24) is 0 Å². The summed E-state index contributed by atoms with van der Waals surface area (Å²) in [4.78, 5) is 0. The van der Waals surface area contributed by atoms with Crippen molar-refractivity contribution in [2.75, 3.05) is 13.2 Å². The molecule has 0 saturated heterocycles. The summed E-state index contributed by atoms with van der Waals surface area (Å²) in [5, 5.41) is 0. The van der Waals surface area contributed by atoms with E-state index in [-0.39, 0.29) is 0 Å². The minimum absolute atomic E-state index is 0.356. The summed E-state index contributed by atoms with van der Waals surface area (Å²) < 4.78 is 46.5. The molecule has 0 atom stereocenters. The summed E-state index contributed by atoms with van der Waals surface area (Å²) in [6.07, 6.45) is -4.29. The van der Waals surface area contributed by atoms with E-state index in [1.165, 1.54) is 12.1 Å². The van der Waals surface area contributed by atoms with Crippen molar-refractivity contribution in [3.8, 4) is 5.75 Å². The van der Waals surface area contributed by atoms with Gasteiger partial charge in [-0.2, -0.15) is 13.2 Å². The first-order valence-corrected chi connectivity index (χ1v) is 5.14. The number of ether oxygens (including phenoxy) is 1. The molecule has 0 amide bonds. The van der Waals surface area contributed by atoms with Crippen molar-refractivity contribution in [2.45, 2.75) is 6.18 Å². The molecule has 0 saturated carbocycles. The second-order valence-electron chi connectivity index (χ2n) is 2.86. The lowest BCUT2D eigenvalue weighted by atomic mass is 10.2. The first-order chi connectivity index (χ1) is 7.04. The van der Waals surface area contributed by atoms with E-state index in [4.69, 9.17) is 9.16 Å². The highest BCUT2D eigenvalue weighted by atomic mass is 28.2. The van der Waals surface area contributed by atoms with Gasteiger partial charge in [0, 0.05) is 0 Å². The van der Waals surface area contributed by atoms with Crippen LogP contribution >= 0.6 is 0 Å². The molecule has 0 heterocycles. The van der Waals surface area contributed by atoms with E-state index in [2.05, 4.69) is 0 Å². The molecule has 0 unspecified atom stereocenters. The normalized spacial score (nSPS) is 11.7. The molecule has 0 spiro atoms. The molecule has 84 valence electrons. The van der Waals surface area contributed by atoms with Crippen LogP contribution in [-0.4, -0.2) is 23.7 Å². The molecule has 0 aliphatic rings. The summed E-state index contributed by atoms with van der Waals surface area (Å²) in [5.74, 6) is 0.418. The van der Waals surface area contributed by atoms with E-state index < -0.39 is 11.7 Å². The van der Waals surface area contributed by atoms with E-state index >= 15 is 0 Å². The average Bonchev–Trinajstić information content (AvgIpc) is 2.18. The predicted octanol–water partition coefficient (Wildman–Crippen LogP) is 1.38. The summed E-state index contributed by atoms with van der Waals surface area (Å²) in [5.41, 5.74) is -0.672. The van der Waals surface area contributed by atoms with E-state index in [9.17, 15) is 13.2 Å². The van der Waals surface area contributed by atoms with E-state index in [0.717, 1.165) is 12.1 Å². The molecule has 0 aromatic heterocycles. The Morgan fingerprint density at radius 1 is 1.07 bits per heavy atom. The van der Waals surface area contributed by atoms with Gasteiger partial charge in [-0.15, -0.1) is 0 Å². The van der Waals surface area contributed by atoms with Crippen LogP contribution in [0.2, 0.25) is 0 Å². The fourth-order valence-corrected chi connectivity index (χ4v) is 1.15. The zero-order chi connectivity index (χ0) is 11.3. The fraction of sp³-hybridized carbons (Fsp3) is 0.333. The van der Waals surface area contributed by atoms with Crippen LogP contribution in [0.25, 0.3) is 0 Å². The third-order valence-electron chi connectivity index (χ3n) is 1.74. The Hall–Kier alpha value is -1.01. The van der Waals surface area contributed by atoms with Crippen LogP contribution in [0.4, 0.5) is 13.2 Å². The van der Waals surface area contributed by atoms with Gasteiger partial charge in [0.05, 0.1) is 12.2 Å². The first-order valence-electron chi connectivity index (χ1n) is 4.33. The zero-order valence-corrected chi connectivity index (χ0v) is 10.2. The summed E-state index contributed by atoms with van der Waals surface area (Å²) >= 11 is 0. The fourth-order valence-electron chi connectivity index (χ4n) is 0.983. The monoisotopic (exact) mass is 236 g/mol. The van der Waals surface area contributed by atoms with Crippen LogP contribution in [0.1, 0.15) is 5.56 Å². The molecule has 0 fully saturated rings. The molecule has 15 heavy (non-hydrogen) atoms. The highest BCUT2D eigenvalue weighted by Crippen LogP contribution is 2.30. The Balaban J connectivity index is 2.57. The summed E-state index contributed by atoms with van der Waals surface area (Å²) in [7, 11) is 0.629. The van der Waals surface area contributed by atoms with Crippen LogP contribution in [0.15, 0.2) is 24.3 Å². The average molecular weight is 236 g/mol. The third kappa shape index (κ3) is 3.92. The standard InChI is InChI=1S/C9H11F3O2Si/c10-9(11,12)7-1-3-8(4-2-7)13-5-6-14-15/h1-4H,5-6H2,15H3. The maximum atomic E-state index is 12.2. The van der Waals surface area contributed by atoms with E-state index in [1.807, 2.05) is 0 Å². The van der Waals surface area contributed by atoms with Gasteiger partial charge < -0.3 is 9.16 Å². The van der Waals surface area contributed by atoms with Gasteiger partial charge in [0.2, 0.25) is 0 Å². The molecule has 0 N–H and O–H groups in total. The molecular formula is C9H11F3O2Si. The molecule has 1 aromatic rings. The summed E-state index contributed by atoms with van der Waals surface area (Å²) in [6.45, 7) is 0.822. The lowest BCUT2D eigenvalue weighted by Gasteiger charge is -2.08. The molecule has 1 aromatic carbocycles. The van der Waals surface area contributed by atoms with Crippen LogP contribution in [0, 0.1) is 0 Å². The molecule has 0 aliphatic carbocycles. The SMILES string of the molecule is FC(F)(F)c1ccc(OCCO[SiH3])cc1. The van der Waals surface area contributed by atoms with Crippen molar-refractivity contribution < 1.29 is 22.3 Å². The Kier molecular flexibility index (Phi) is 4.16. The zero-order valence-electron chi connectivity index (χ0n) is 8.17.